The molecule has 0 saturated heterocycles. The second-order valence-electron chi connectivity index (χ2n) is 6.81. The van der Waals surface area contributed by atoms with Gasteiger partial charge in [0.25, 0.3) is 5.56 Å². The predicted molar refractivity (Wildman–Crippen MR) is 112 cm³/mol. The van der Waals surface area contributed by atoms with Crippen molar-refractivity contribution in [3.8, 4) is 11.5 Å². The van der Waals surface area contributed by atoms with Gasteiger partial charge in [0, 0.05) is 18.2 Å². The number of aryl methyl sites for hydroxylation is 2. The first kappa shape index (κ1) is 20.9. The van der Waals surface area contributed by atoms with Crippen LogP contribution in [0.3, 0.4) is 0 Å². The van der Waals surface area contributed by atoms with Crippen molar-refractivity contribution in [3.05, 3.63) is 63.4 Å². The molecule has 0 fully saturated rings. The van der Waals surface area contributed by atoms with Crippen molar-refractivity contribution in [1.29, 1.82) is 0 Å². The fraction of sp³-hybridized carbons (Fsp3) is 0.286. The number of aromatic amines is 1. The van der Waals surface area contributed by atoms with Crippen LogP contribution in [0.4, 0.5) is 0 Å². The third-order valence-electron chi connectivity index (χ3n) is 4.89. The number of ether oxygens (including phenoxy) is 2. The fourth-order valence-electron chi connectivity index (χ4n) is 3.07. The third-order valence-corrected chi connectivity index (χ3v) is 6.37. The zero-order valence-corrected chi connectivity index (χ0v) is 17.6. The molecule has 0 aliphatic heterocycles. The summed E-state index contributed by atoms with van der Waals surface area (Å²) in [6.45, 7) is 3.82. The van der Waals surface area contributed by atoms with Gasteiger partial charge in [0.15, 0.2) is 0 Å². The standard InChI is InChI=1S/C21H24N2O5S/c1-13-9-19(28-4)20(10-14(13)2)29(25,26)22-8-7-16-11-15-5-6-17(27-3)12-18(15)23-21(16)24/h5-6,9-12,22H,7-8H2,1-4H3,(H,23,24). The molecule has 0 unspecified atom stereocenters. The summed E-state index contributed by atoms with van der Waals surface area (Å²) >= 11 is 0. The minimum Gasteiger partial charge on any atom is -0.497 e. The largest absolute Gasteiger partial charge is 0.497 e. The van der Waals surface area contributed by atoms with E-state index in [1.807, 2.05) is 19.9 Å². The number of pyridine rings is 1. The van der Waals surface area contributed by atoms with Gasteiger partial charge in [0.2, 0.25) is 10.0 Å². The van der Waals surface area contributed by atoms with Crippen LogP contribution in [0, 0.1) is 13.8 Å². The summed E-state index contributed by atoms with van der Waals surface area (Å²) in [5, 5.41) is 0.846. The lowest BCUT2D eigenvalue weighted by Crippen LogP contribution is -2.28. The van der Waals surface area contributed by atoms with Crippen molar-refractivity contribution in [1.82, 2.24) is 9.71 Å². The summed E-state index contributed by atoms with van der Waals surface area (Å²) < 4.78 is 38.4. The lowest BCUT2D eigenvalue weighted by Gasteiger charge is -2.13. The SMILES string of the molecule is COc1ccc2cc(CCNS(=O)(=O)c3cc(C)c(C)cc3OC)c(=O)[nH]c2c1. The van der Waals surface area contributed by atoms with Gasteiger partial charge in [-0.1, -0.05) is 0 Å². The Hall–Kier alpha value is -2.84. The lowest BCUT2D eigenvalue weighted by molar-refractivity contribution is 0.402. The molecular weight excluding hydrogens is 392 g/mol. The highest BCUT2D eigenvalue weighted by Crippen LogP contribution is 2.27. The van der Waals surface area contributed by atoms with Gasteiger partial charge in [0.1, 0.15) is 16.4 Å². The topological polar surface area (TPSA) is 97.5 Å². The molecule has 8 heteroatoms. The quantitative estimate of drug-likeness (QED) is 0.617. The number of methoxy groups -OCH3 is 2. The van der Waals surface area contributed by atoms with Gasteiger partial charge in [-0.15, -0.1) is 0 Å². The van der Waals surface area contributed by atoms with Gasteiger partial charge in [0.05, 0.1) is 19.7 Å². The van der Waals surface area contributed by atoms with Crippen molar-refractivity contribution >= 4 is 20.9 Å². The van der Waals surface area contributed by atoms with Crippen LogP contribution in [0.2, 0.25) is 0 Å². The Morgan fingerprint density at radius 1 is 1.00 bits per heavy atom. The number of nitrogens with one attached hydrogen (secondary N) is 2. The Morgan fingerprint density at radius 2 is 1.72 bits per heavy atom. The van der Waals surface area contributed by atoms with E-state index in [0.29, 0.717) is 16.8 Å². The number of aromatic nitrogens is 1. The van der Waals surface area contributed by atoms with E-state index in [1.165, 1.54) is 7.11 Å². The third kappa shape index (κ3) is 4.44. The predicted octanol–water partition coefficient (Wildman–Crippen LogP) is 2.68. The molecule has 0 aliphatic rings. The van der Waals surface area contributed by atoms with E-state index in [1.54, 1.807) is 37.4 Å². The molecule has 3 aromatic rings. The normalized spacial score (nSPS) is 11.6. The highest BCUT2D eigenvalue weighted by atomic mass is 32.2. The molecule has 0 amide bonds. The van der Waals surface area contributed by atoms with Gasteiger partial charge in [-0.3, -0.25) is 4.79 Å². The maximum absolute atomic E-state index is 12.7. The van der Waals surface area contributed by atoms with Crippen molar-refractivity contribution in [2.24, 2.45) is 0 Å². The maximum Gasteiger partial charge on any atom is 0.251 e. The van der Waals surface area contributed by atoms with Gasteiger partial charge in [-0.05, 0) is 67.1 Å². The van der Waals surface area contributed by atoms with E-state index < -0.39 is 10.0 Å². The highest BCUT2D eigenvalue weighted by Gasteiger charge is 2.20. The number of H-pyrrole nitrogens is 1. The molecule has 2 aromatic carbocycles. The second kappa shape index (κ2) is 8.26. The number of hydrogen-bond donors (Lipinski definition) is 2. The number of hydrogen-bond acceptors (Lipinski definition) is 5. The van der Waals surface area contributed by atoms with E-state index >= 15 is 0 Å². The Balaban J connectivity index is 1.80. The van der Waals surface area contributed by atoms with E-state index in [2.05, 4.69) is 9.71 Å². The first-order valence-corrected chi connectivity index (χ1v) is 10.6. The second-order valence-corrected chi connectivity index (χ2v) is 8.55. The molecule has 2 N–H and O–H groups in total. The van der Waals surface area contributed by atoms with Crippen LogP contribution < -0.4 is 19.8 Å². The minimum absolute atomic E-state index is 0.0858. The fourth-order valence-corrected chi connectivity index (χ4v) is 4.33. The number of sulfonamides is 1. The molecule has 1 heterocycles. The minimum atomic E-state index is -3.78. The summed E-state index contributed by atoms with van der Waals surface area (Å²) in [5.74, 6) is 0.939. The lowest BCUT2D eigenvalue weighted by atomic mass is 10.1. The molecule has 3 rings (SSSR count). The average molecular weight is 416 g/mol. The molecule has 0 saturated carbocycles. The molecule has 0 bridgehead atoms. The number of rotatable bonds is 7. The summed E-state index contributed by atoms with van der Waals surface area (Å²) in [7, 11) is -0.784. The van der Waals surface area contributed by atoms with Crippen LogP contribution in [-0.2, 0) is 16.4 Å². The Labute approximate surface area is 169 Å². The van der Waals surface area contributed by atoms with Gasteiger partial charge >= 0.3 is 0 Å². The van der Waals surface area contributed by atoms with Crippen molar-refractivity contribution in [2.75, 3.05) is 20.8 Å². The zero-order chi connectivity index (χ0) is 21.2. The van der Waals surface area contributed by atoms with Crippen LogP contribution in [0.1, 0.15) is 16.7 Å². The summed E-state index contributed by atoms with van der Waals surface area (Å²) in [6.07, 6.45) is 0.254. The van der Waals surface area contributed by atoms with E-state index in [-0.39, 0.29) is 29.2 Å². The summed E-state index contributed by atoms with van der Waals surface area (Å²) in [5.41, 5.74) is 2.71. The molecule has 29 heavy (non-hydrogen) atoms. The monoisotopic (exact) mass is 416 g/mol. The Morgan fingerprint density at radius 3 is 2.41 bits per heavy atom. The Bertz CT molecular complexity index is 1220. The van der Waals surface area contributed by atoms with Gasteiger partial charge < -0.3 is 14.5 Å². The van der Waals surface area contributed by atoms with E-state index in [9.17, 15) is 13.2 Å². The average Bonchev–Trinajstić information content (AvgIpc) is 2.69. The Kier molecular flexibility index (Phi) is 5.95. The smallest absolute Gasteiger partial charge is 0.251 e. The zero-order valence-electron chi connectivity index (χ0n) is 16.8. The molecule has 1 aromatic heterocycles. The van der Waals surface area contributed by atoms with E-state index in [0.717, 1.165) is 16.5 Å². The molecular formula is C21H24N2O5S. The molecule has 154 valence electrons. The number of benzene rings is 2. The van der Waals surface area contributed by atoms with Gasteiger partial charge in [-0.2, -0.15) is 0 Å². The van der Waals surface area contributed by atoms with Crippen LogP contribution in [-0.4, -0.2) is 34.2 Å². The maximum atomic E-state index is 12.7. The van der Waals surface area contributed by atoms with Crippen molar-refractivity contribution < 1.29 is 17.9 Å². The highest BCUT2D eigenvalue weighted by molar-refractivity contribution is 7.89. The van der Waals surface area contributed by atoms with Crippen LogP contribution >= 0.6 is 0 Å². The summed E-state index contributed by atoms with van der Waals surface area (Å²) in [6, 6.07) is 10.4. The number of fused-ring (bicyclic) bond motifs is 1. The van der Waals surface area contributed by atoms with Crippen molar-refractivity contribution in [3.63, 3.8) is 0 Å². The van der Waals surface area contributed by atoms with E-state index in [4.69, 9.17) is 9.47 Å². The molecule has 0 atom stereocenters. The molecule has 0 aliphatic carbocycles. The molecule has 0 radical (unpaired) electrons. The van der Waals surface area contributed by atoms with Gasteiger partial charge in [-0.25, -0.2) is 13.1 Å². The first-order chi connectivity index (χ1) is 13.7. The molecule has 0 spiro atoms. The van der Waals surface area contributed by atoms with Crippen molar-refractivity contribution in [2.45, 2.75) is 25.2 Å². The van der Waals surface area contributed by atoms with Crippen LogP contribution in [0.25, 0.3) is 10.9 Å². The molecule has 7 nitrogen and oxygen atoms in total. The summed E-state index contributed by atoms with van der Waals surface area (Å²) in [4.78, 5) is 15.2. The van der Waals surface area contributed by atoms with Crippen LogP contribution in [0.5, 0.6) is 11.5 Å². The first-order valence-electron chi connectivity index (χ1n) is 9.10. The van der Waals surface area contributed by atoms with Crippen LogP contribution in [0.15, 0.2) is 46.1 Å².